The van der Waals surface area contributed by atoms with Gasteiger partial charge in [-0.2, -0.15) is 0 Å². The zero-order valence-corrected chi connectivity index (χ0v) is 14.6. The van der Waals surface area contributed by atoms with Crippen molar-refractivity contribution in [3.05, 3.63) is 77.9 Å². The van der Waals surface area contributed by atoms with Gasteiger partial charge in [-0.3, -0.25) is 4.98 Å². The van der Waals surface area contributed by atoms with Crippen LogP contribution in [-0.2, 0) is 6.42 Å². The minimum absolute atomic E-state index is 0.251. The number of aromatic amines is 1. The summed E-state index contributed by atoms with van der Waals surface area (Å²) in [5, 5.41) is 0. The SMILES string of the molecule is Cc1ccc2c(c1)CC(c1nc3ccc(-c4ccncc4)cc3[nH]1)CO2. The van der Waals surface area contributed by atoms with Gasteiger partial charge in [0.25, 0.3) is 0 Å². The van der Waals surface area contributed by atoms with Crippen LogP contribution < -0.4 is 4.74 Å². The molecule has 5 rings (SSSR count). The molecule has 1 unspecified atom stereocenters. The van der Waals surface area contributed by atoms with E-state index in [9.17, 15) is 0 Å². The molecule has 4 nitrogen and oxygen atoms in total. The normalized spacial score (nSPS) is 16.3. The number of aryl methyl sites for hydroxylation is 1. The monoisotopic (exact) mass is 341 g/mol. The first kappa shape index (κ1) is 15.1. The Morgan fingerprint density at radius 1 is 1.00 bits per heavy atom. The van der Waals surface area contributed by atoms with Crippen molar-refractivity contribution in [3.8, 4) is 16.9 Å². The second-order valence-corrected chi connectivity index (χ2v) is 6.91. The molecule has 1 N–H and O–H groups in total. The largest absolute Gasteiger partial charge is 0.493 e. The molecule has 4 aromatic rings. The molecule has 1 aliphatic rings. The Kier molecular flexibility index (Phi) is 3.49. The van der Waals surface area contributed by atoms with Crippen LogP contribution in [0.5, 0.6) is 5.75 Å². The molecular formula is C22H19N3O. The Bertz CT molecular complexity index is 1090. The number of fused-ring (bicyclic) bond motifs is 2. The average Bonchev–Trinajstić information content (AvgIpc) is 3.11. The Hall–Kier alpha value is -3.14. The Labute approximate surface area is 151 Å². The van der Waals surface area contributed by atoms with E-state index < -0.39 is 0 Å². The van der Waals surface area contributed by atoms with E-state index in [1.54, 1.807) is 0 Å². The fourth-order valence-corrected chi connectivity index (χ4v) is 3.65. The molecule has 2 aromatic heterocycles. The summed E-state index contributed by atoms with van der Waals surface area (Å²) < 4.78 is 5.97. The quantitative estimate of drug-likeness (QED) is 0.577. The second-order valence-electron chi connectivity index (χ2n) is 6.91. The predicted molar refractivity (Wildman–Crippen MR) is 102 cm³/mol. The highest BCUT2D eigenvalue weighted by Gasteiger charge is 2.24. The van der Waals surface area contributed by atoms with Crippen molar-refractivity contribution >= 4 is 11.0 Å². The van der Waals surface area contributed by atoms with E-state index in [1.165, 1.54) is 11.1 Å². The lowest BCUT2D eigenvalue weighted by molar-refractivity contribution is 0.258. The Morgan fingerprint density at radius 2 is 1.88 bits per heavy atom. The number of hydrogen-bond acceptors (Lipinski definition) is 3. The molecule has 0 radical (unpaired) electrons. The van der Waals surface area contributed by atoms with Gasteiger partial charge < -0.3 is 9.72 Å². The van der Waals surface area contributed by atoms with Crippen LogP contribution in [0.25, 0.3) is 22.2 Å². The lowest BCUT2D eigenvalue weighted by Crippen LogP contribution is -2.20. The van der Waals surface area contributed by atoms with Gasteiger partial charge in [0.1, 0.15) is 11.6 Å². The van der Waals surface area contributed by atoms with Crippen molar-refractivity contribution in [2.24, 2.45) is 0 Å². The third-order valence-corrected chi connectivity index (χ3v) is 5.02. The summed E-state index contributed by atoms with van der Waals surface area (Å²) in [6.45, 7) is 2.78. The molecule has 3 heterocycles. The van der Waals surface area contributed by atoms with Gasteiger partial charge in [0.05, 0.1) is 23.6 Å². The fourth-order valence-electron chi connectivity index (χ4n) is 3.65. The maximum Gasteiger partial charge on any atom is 0.122 e. The summed E-state index contributed by atoms with van der Waals surface area (Å²) >= 11 is 0. The first-order valence-electron chi connectivity index (χ1n) is 8.89. The lowest BCUT2D eigenvalue weighted by atomic mass is 9.95. The molecule has 128 valence electrons. The van der Waals surface area contributed by atoms with Crippen LogP contribution in [0.3, 0.4) is 0 Å². The van der Waals surface area contributed by atoms with E-state index in [0.717, 1.165) is 40.2 Å². The fraction of sp³-hybridized carbons (Fsp3) is 0.182. The van der Waals surface area contributed by atoms with Gasteiger partial charge in [0.2, 0.25) is 0 Å². The Balaban J connectivity index is 1.48. The smallest absolute Gasteiger partial charge is 0.122 e. The maximum absolute atomic E-state index is 5.97. The summed E-state index contributed by atoms with van der Waals surface area (Å²) in [6, 6.07) is 16.8. The summed E-state index contributed by atoms with van der Waals surface area (Å²) in [6.07, 6.45) is 4.58. The first-order valence-corrected chi connectivity index (χ1v) is 8.89. The van der Waals surface area contributed by atoms with Crippen molar-refractivity contribution in [2.45, 2.75) is 19.3 Å². The van der Waals surface area contributed by atoms with E-state index in [-0.39, 0.29) is 5.92 Å². The third-order valence-electron chi connectivity index (χ3n) is 5.02. The van der Waals surface area contributed by atoms with Crippen LogP contribution in [0.15, 0.2) is 60.9 Å². The molecule has 0 spiro atoms. The van der Waals surface area contributed by atoms with Gasteiger partial charge in [0, 0.05) is 12.4 Å². The Morgan fingerprint density at radius 3 is 2.77 bits per heavy atom. The van der Waals surface area contributed by atoms with Gasteiger partial charge in [-0.15, -0.1) is 0 Å². The standard InChI is InChI=1S/C22H19N3O/c1-14-2-5-21-17(10-14)11-18(13-26-21)22-24-19-4-3-16(12-20(19)25-22)15-6-8-23-9-7-15/h2-10,12,18H,11,13H2,1H3,(H,24,25). The molecule has 0 saturated heterocycles. The highest BCUT2D eigenvalue weighted by Crippen LogP contribution is 2.33. The molecule has 26 heavy (non-hydrogen) atoms. The predicted octanol–water partition coefficient (Wildman–Crippen LogP) is 4.65. The van der Waals surface area contributed by atoms with Crippen molar-refractivity contribution in [3.63, 3.8) is 0 Å². The summed E-state index contributed by atoms with van der Waals surface area (Å²) in [5.41, 5.74) is 6.90. The van der Waals surface area contributed by atoms with E-state index >= 15 is 0 Å². The molecule has 0 saturated carbocycles. The first-order chi connectivity index (χ1) is 12.8. The number of nitrogens with zero attached hydrogens (tertiary/aromatic N) is 2. The van der Waals surface area contributed by atoms with Crippen LogP contribution in [0.4, 0.5) is 0 Å². The minimum Gasteiger partial charge on any atom is -0.493 e. The van der Waals surface area contributed by atoms with Crippen LogP contribution >= 0.6 is 0 Å². The third kappa shape index (κ3) is 2.64. The second kappa shape index (κ2) is 5.99. The van der Waals surface area contributed by atoms with Crippen molar-refractivity contribution in [1.82, 2.24) is 15.0 Å². The number of ether oxygens (including phenoxy) is 1. The number of pyridine rings is 1. The van der Waals surface area contributed by atoms with Crippen molar-refractivity contribution < 1.29 is 4.74 Å². The summed E-state index contributed by atoms with van der Waals surface area (Å²) in [7, 11) is 0. The number of nitrogens with one attached hydrogen (secondary N) is 1. The lowest BCUT2D eigenvalue weighted by Gasteiger charge is -2.24. The number of H-pyrrole nitrogens is 1. The van der Waals surface area contributed by atoms with Crippen molar-refractivity contribution in [2.75, 3.05) is 6.61 Å². The number of hydrogen-bond donors (Lipinski definition) is 1. The van der Waals surface area contributed by atoms with Crippen molar-refractivity contribution in [1.29, 1.82) is 0 Å². The minimum atomic E-state index is 0.251. The van der Waals surface area contributed by atoms with Gasteiger partial charge in [-0.25, -0.2) is 4.98 Å². The van der Waals surface area contributed by atoms with Gasteiger partial charge >= 0.3 is 0 Å². The molecule has 0 fully saturated rings. The molecule has 0 bridgehead atoms. The van der Waals surface area contributed by atoms with Crippen LogP contribution in [0.2, 0.25) is 0 Å². The highest BCUT2D eigenvalue weighted by atomic mass is 16.5. The topological polar surface area (TPSA) is 50.8 Å². The zero-order chi connectivity index (χ0) is 17.5. The average molecular weight is 341 g/mol. The summed E-state index contributed by atoms with van der Waals surface area (Å²) in [4.78, 5) is 12.4. The molecule has 4 heteroatoms. The number of rotatable bonds is 2. The van der Waals surface area contributed by atoms with Crippen LogP contribution in [-0.4, -0.2) is 21.6 Å². The molecule has 0 aliphatic carbocycles. The highest BCUT2D eigenvalue weighted by molar-refractivity contribution is 5.82. The maximum atomic E-state index is 5.97. The van der Waals surface area contributed by atoms with E-state index in [2.05, 4.69) is 53.3 Å². The van der Waals surface area contributed by atoms with Gasteiger partial charge in [-0.1, -0.05) is 23.8 Å². The zero-order valence-electron chi connectivity index (χ0n) is 14.6. The molecule has 1 aliphatic heterocycles. The number of benzene rings is 2. The molecule has 1 atom stereocenters. The van der Waals surface area contributed by atoms with E-state index in [1.807, 2.05) is 24.5 Å². The molecule has 0 amide bonds. The van der Waals surface area contributed by atoms with Crippen LogP contribution in [0, 0.1) is 6.92 Å². The molecule has 2 aromatic carbocycles. The van der Waals surface area contributed by atoms with E-state index in [4.69, 9.17) is 9.72 Å². The number of aromatic nitrogens is 3. The van der Waals surface area contributed by atoms with Gasteiger partial charge in [-0.05, 0) is 60.4 Å². The number of imidazole rings is 1. The van der Waals surface area contributed by atoms with Gasteiger partial charge in [0.15, 0.2) is 0 Å². The van der Waals surface area contributed by atoms with E-state index in [0.29, 0.717) is 6.61 Å². The van der Waals surface area contributed by atoms with Crippen LogP contribution in [0.1, 0.15) is 22.9 Å². The summed E-state index contributed by atoms with van der Waals surface area (Å²) in [5.74, 6) is 2.25. The molecular weight excluding hydrogens is 322 g/mol.